The van der Waals surface area contributed by atoms with Crippen LogP contribution in [0.2, 0.25) is 0 Å². The van der Waals surface area contributed by atoms with Gasteiger partial charge < -0.3 is 25.6 Å². The average molecular weight is 523 g/mol. The minimum Gasteiger partial charge on any atom is -0.489 e. The van der Waals surface area contributed by atoms with Crippen molar-refractivity contribution < 1.29 is 19.1 Å². The van der Waals surface area contributed by atoms with Gasteiger partial charge in [-0.3, -0.25) is 14.4 Å². The summed E-state index contributed by atoms with van der Waals surface area (Å²) < 4.78 is 6.24. The van der Waals surface area contributed by atoms with Crippen molar-refractivity contribution in [2.75, 3.05) is 20.1 Å². The number of carbonyl (C=O) groups excluding carboxylic acids is 3. The van der Waals surface area contributed by atoms with E-state index in [1.165, 1.54) is 4.90 Å². The number of benzene rings is 2. The monoisotopic (exact) mass is 522 g/mol. The maximum absolute atomic E-state index is 13.4. The van der Waals surface area contributed by atoms with E-state index in [0.29, 0.717) is 19.5 Å². The van der Waals surface area contributed by atoms with E-state index in [1.54, 1.807) is 14.0 Å². The molecule has 1 heterocycles. The van der Waals surface area contributed by atoms with Crippen LogP contribution in [0.5, 0.6) is 5.75 Å². The lowest BCUT2D eigenvalue weighted by Gasteiger charge is -2.32. The Balaban J connectivity index is 1.86. The predicted octanol–water partition coefficient (Wildman–Crippen LogP) is 2.70. The zero-order valence-electron chi connectivity index (χ0n) is 23.2. The molecular weight excluding hydrogens is 480 g/mol. The van der Waals surface area contributed by atoms with E-state index in [9.17, 15) is 14.4 Å². The lowest BCUT2D eigenvalue weighted by atomic mass is 10.0. The van der Waals surface area contributed by atoms with Crippen LogP contribution in [0.3, 0.4) is 0 Å². The van der Waals surface area contributed by atoms with Gasteiger partial charge in [0.2, 0.25) is 17.7 Å². The number of para-hydroxylation sites is 1. The summed E-state index contributed by atoms with van der Waals surface area (Å²) in [6.07, 6.45) is 1.65. The van der Waals surface area contributed by atoms with Crippen LogP contribution >= 0.6 is 0 Å². The molecule has 0 bridgehead atoms. The van der Waals surface area contributed by atoms with Gasteiger partial charge in [-0.05, 0) is 49.8 Å². The zero-order chi connectivity index (χ0) is 27.7. The highest BCUT2D eigenvalue weighted by Gasteiger charge is 2.32. The summed E-state index contributed by atoms with van der Waals surface area (Å²) in [6.45, 7) is 8.55. The normalized spacial score (nSPS) is 24.5. The van der Waals surface area contributed by atoms with E-state index in [2.05, 4.69) is 16.0 Å². The van der Waals surface area contributed by atoms with E-state index in [-0.39, 0.29) is 29.7 Å². The molecule has 3 rings (SSSR count). The molecule has 0 saturated heterocycles. The molecule has 206 valence electrons. The highest BCUT2D eigenvalue weighted by molar-refractivity contribution is 5.93. The van der Waals surface area contributed by atoms with Crippen LogP contribution in [0.1, 0.15) is 45.2 Å². The molecule has 0 saturated carbocycles. The third-order valence-electron chi connectivity index (χ3n) is 7.00. The topological polar surface area (TPSA) is 99.8 Å². The van der Waals surface area contributed by atoms with E-state index in [1.807, 2.05) is 75.4 Å². The number of nitrogens with zero attached hydrogens (tertiary/aromatic N) is 1. The minimum absolute atomic E-state index is 0.00176. The van der Waals surface area contributed by atoms with Crippen LogP contribution in [0.15, 0.2) is 54.6 Å². The van der Waals surface area contributed by atoms with Gasteiger partial charge in [-0.2, -0.15) is 0 Å². The summed E-state index contributed by atoms with van der Waals surface area (Å²) in [7, 11) is 1.63. The van der Waals surface area contributed by atoms with Crippen LogP contribution in [0, 0.1) is 5.92 Å². The van der Waals surface area contributed by atoms with Crippen LogP contribution in [0.4, 0.5) is 0 Å². The van der Waals surface area contributed by atoms with E-state index in [4.69, 9.17) is 4.74 Å². The number of hydrogen-bond donors (Lipinski definition) is 3. The molecule has 0 radical (unpaired) electrons. The zero-order valence-corrected chi connectivity index (χ0v) is 23.2. The van der Waals surface area contributed by atoms with E-state index in [0.717, 1.165) is 29.7 Å². The van der Waals surface area contributed by atoms with Crippen molar-refractivity contribution in [2.45, 2.75) is 71.2 Å². The largest absolute Gasteiger partial charge is 0.489 e. The summed E-state index contributed by atoms with van der Waals surface area (Å²) in [6, 6.07) is 15.5. The lowest BCUT2D eigenvalue weighted by Crippen LogP contribution is -2.57. The maximum atomic E-state index is 13.4. The van der Waals surface area contributed by atoms with Crippen molar-refractivity contribution in [3.8, 4) is 5.75 Å². The first-order valence-electron chi connectivity index (χ1n) is 13.5. The van der Waals surface area contributed by atoms with Crippen molar-refractivity contribution >= 4 is 17.7 Å². The maximum Gasteiger partial charge on any atom is 0.243 e. The first kappa shape index (κ1) is 29.2. The average Bonchev–Trinajstić information content (AvgIpc) is 2.90. The number of amides is 3. The Kier molecular flexibility index (Phi) is 10.7. The van der Waals surface area contributed by atoms with Gasteiger partial charge in [0.1, 0.15) is 23.9 Å². The van der Waals surface area contributed by atoms with Crippen molar-refractivity contribution in [3.63, 3.8) is 0 Å². The predicted molar refractivity (Wildman–Crippen MR) is 149 cm³/mol. The number of likely N-dealkylation sites (N-methyl/N-ethyl adjacent to an activating group) is 1. The van der Waals surface area contributed by atoms with Gasteiger partial charge in [0.05, 0.1) is 6.04 Å². The molecule has 38 heavy (non-hydrogen) atoms. The van der Waals surface area contributed by atoms with Crippen molar-refractivity contribution in [3.05, 3.63) is 65.7 Å². The minimum atomic E-state index is -0.759. The molecule has 8 heteroatoms. The summed E-state index contributed by atoms with van der Waals surface area (Å²) >= 11 is 0. The van der Waals surface area contributed by atoms with Gasteiger partial charge in [0, 0.05) is 26.6 Å². The molecule has 8 nitrogen and oxygen atoms in total. The van der Waals surface area contributed by atoms with Crippen molar-refractivity contribution in [2.24, 2.45) is 5.92 Å². The number of aryl methyl sites for hydroxylation is 1. The van der Waals surface area contributed by atoms with Gasteiger partial charge >= 0.3 is 0 Å². The van der Waals surface area contributed by atoms with Crippen LogP contribution in [0.25, 0.3) is 0 Å². The number of fused-ring (bicyclic) bond motifs is 1. The van der Waals surface area contributed by atoms with Crippen LogP contribution < -0.4 is 20.7 Å². The number of rotatable bonds is 3. The molecule has 1 aliphatic rings. The van der Waals surface area contributed by atoms with Gasteiger partial charge in [-0.15, -0.1) is 0 Å². The molecule has 0 aromatic heterocycles. The lowest BCUT2D eigenvalue weighted by molar-refractivity contribution is -0.141. The highest BCUT2D eigenvalue weighted by atomic mass is 16.5. The fraction of sp³-hybridized carbons (Fsp3) is 0.500. The Morgan fingerprint density at radius 3 is 2.37 bits per heavy atom. The van der Waals surface area contributed by atoms with Gasteiger partial charge in [-0.25, -0.2) is 0 Å². The van der Waals surface area contributed by atoms with Gasteiger partial charge in [-0.1, -0.05) is 62.4 Å². The summed E-state index contributed by atoms with van der Waals surface area (Å²) in [5.74, 6) is 0.0134. The Bertz CT molecular complexity index is 1070. The number of carbonyl (C=O) groups is 3. The molecule has 4 atom stereocenters. The Morgan fingerprint density at radius 1 is 0.974 bits per heavy atom. The molecule has 3 N–H and O–H groups in total. The third-order valence-corrected chi connectivity index (χ3v) is 7.00. The van der Waals surface area contributed by atoms with Gasteiger partial charge in [0.15, 0.2) is 0 Å². The molecule has 0 fully saturated rings. The SMILES string of the molecule is CC(C)[C@@H]1NC[C@@H](C)Oc2ccccc2CCCNC(=O)[C@@H](Cc2ccccc2)NC(=O)[C@@H](C)N(C)C1=O. The quantitative estimate of drug-likeness (QED) is 0.576. The molecule has 2 aromatic carbocycles. The number of ether oxygens (including phenoxy) is 1. The smallest absolute Gasteiger partial charge is 0.243 e. The van der Waals surface area contributed by atoms with Crippen molar-refractivity contribution in [1.82, 2.24) is 20.9 Å². The molecular formula is C30H42N4O4. The Morgan fingerprint density at radius 2 is 1.66 bits per heavy atom. The summed E-state index contributed by atoms with van der Waals surface area (Å²) in [5.41, 5.74) is 2.00. The summed E-state index contributed by atoms with van der Waals surface area (Å²) in [4.78, 5) is 41.3. The molecule has 0 unspecified atom stereocenters. The second-order valence-electron chi connectivity index (χ2n) is 10.4. The van der Waals surface area contributed by atoms with E-state index >= 15 is 0 Å². The third kappa shape index (κ3) is 8.05. The second kappa shape index (κ2) is 14.0. The molecule has 0 spiro atoms. The second-order valence-corrected chi connectivity index (χ2v) is 10.4. The Hall–Kier alpha value is -3.39. The van der Waals surface area contributed by atoms with Gasteiger partial charge in [0.25, 0.3) is 0 Å². The van der Waals surface area contributed by atoms with Crippen molar-refractivity contribution in [1.29, 1.82) is 0 Å². The standard InChI is InChI=1S/C30H42N4O4/c1-20(2)27-30(37)34(5)22(4)28(35)33-25(18-23-12-7-6-8-13-23)29(36)31-17-11-15-24-14-9-10-16-26(24)38-21(3)19-32-27/h6-10,12-14,16,20-22,25,27,32H,11,15,17-19H2,1-5H3,(H,31,36)(H,33,35)/t21-,22-,25-,27+/m1/s1. The Labute approximate surface area is 226 Å². The highest BCUT2D eigenvalue weighted by Crippen LogP contribution is 2.21. The fourth-order valence-electron chi connectivity index (χ4n) is 4.54. The fourth-order valence-corrected chi connectivity index (χ4v) is 4.54. The first-order chi connectivity index (χ1) is 18.2. The number of nitrogens with one attached hydrogen (secondary N) is 3. The molecule has 0 aliphatic carbocycles. The number of hydrogen-bond acceptors (Lipinski definition) is 5. The molecule has 2 aromatic rings. The summed E-state index contributed by atoms with van der Waals surface area (Å²) in [5, 5.41) is 9.25. The molecule has 3 amide bonds. The molecule has 1 aliphatic heterocycles. The van der Waals surface area contributed by atoms with Crippen LogP contribution in [-0.4, -0.2) is 67.0 Å². The first-order valence-corrected chi connectivity index (χ1v) is 13.5. The van der Waals surface area contributed by atoms with E-state index < -0.39 is 18.1 Å². The van der Waals surface area contributed by atoms with Crippen LogP contribution in [-0.2, 0) is 27.2 Å².